The maximum atomic E-state index is 14.0. The van der Waals surface area contributed by atoms with Gasteiger partial charge in [-0.25, -0.2) is 4.39 Å². The van der Waals surface area contributed by atoms with E-state index in [4.69, 9.17) is 9.31 Å². The molecule has 0 amide bonds. The lowest BCUT2D eigenvalue weighted by Gasteiger charge is -2.32. The van der Waals surface area contributed by atoms with Crippen molar-refractivity contribution in [3.8, 4) is 0 Å². The van der Waals surface area contributed by atoms with Gasteiger partial charge < -0.3 is 9.31 Å². The van der Waals surface area contributed by atoms with Crippen molar-refractivity contribution in [2.75, 3.05) is 0 Å². The molecule has 0 aliphatic carbocycles. The van der Waals surface area contributed by atoms with E-state index in [1.807, 2.05) is 12.1 Å². The Labute approximate surface area is 223 Å². The van der Waals surface area contributed by atoms with E-state index in [2.05, 4.69) is 99.5 Å². The SMILES string of the molecule is Cc1cc(C)c(B(/C=C(/B2OC(C)(C)C(C)(C)O2)c2ccc(F)cc2)c2c(C)cc(C)cc2C)c(C)c1. The molecule has 0 bridgehead atoms. The van der Waals surface area contributed by atoms with Gasteiger partial charge >= 0.3 is 7.12 Å². The minimum Gasteiger partial charge on any atom is -0.399 e. The van der Waals surface area contributed by atoms with Gasteiger partial charge in [0, 0.05) is 0 Å². The molecule has 1 saturated heterocycles. The Balaban J connectivity index is 2.02. The second-order valence-electron chi connectivity index (χ2n) is 11.8. The molecule has 192 valence electrons. The average Bonchev–Trinajstić information content (AvgIpc) is 2.97. The Kier molecular flexibility index (Phi) is 7.35. The summed E-state index contributed by atoms with van der Waals surface area (Å²) >= 11 is 0. The number of hydrogen-bond acceptors (Lipinski definition) is 2. The predicted octanol–water partition coefficient (Wildman–Crippen LogP) is 6.54. The van der Waals surface area contributed by atoms with Gasteiger partial charge in [-0.1, -0.05) is 80.7 Å². The van der Waals surface area contributed by atoms with Crippen molar-refractivity contribution in [1.82, 2.24) is 0 Å². The molecule has 3 aromatic carbocycles. The summed E-state index contributed by atoms with van der Waals surface area (Å²) in [5, 5.41) is 0. The number of aryl methyl sites for hydroxylation is 6. The molecule has 3 aromatic rings. The lowest BCUT2D eigenvalue weighted by Crippen LogP contribution is -2.47. The first-order chi connectivity index (χ1) is 17.2. The molecule has 2 nitrogen and oxygen atoms in total. The van der Waals surface area contributed by atoms with Crippen LogP contribution in [0.4, 0.5) is 4.39 Å². The minimum absolute atomic E-state index is 0.0275. The van der Waals surface area contributed by atoms with Gasteiger partial charge in [0.25, 0.3) is 0 Å². The van der Waals surface area contributed by atoms with Crippen molar-refractivity contribution in [2.24, 2.45) is 0 Å². The molecule has 0 spiro atoms. The van der Waals surface area contributed by atoms with Gasteiger partial charge in [0.1, 0.15) is 5.82 Å². The molecule has 1 aliphatic rings. The molecular weight excluding hydrogens is 457 g/mol. The second-order valence-corrected chi connectivity index (χ2v) is 11.8. The van der Waals surface area contributed by atoms with Crippen LogP contribution in [-0.4, -0.2) is 25.0 Å². The van der Waals surface area contributed by atoms with E-state index in [0.717, 1.165) is 11.0 Å². The first kappa shape index (κ1) is 27.4. The fraction of sp³-hybridized carbons (Fsp3) is 0.375. The topological polar surface area (TPSA) is 18.5 Å². The average molecular weight is 496 g/mol. The van der Waals surface area contributed by atoms with Crippen molar-refractivity contribution < 1.29 is 13.7 Å². The zero-order valence-electron chi connectivity index (χ0n) is 24.0. The quantitative estimate of drug-likeness (QED) is 0.374. The monoisotopic (exact) mass is 496 g/mol. The van der Waals surface area contributed by atoms with E-state index in [1.54, 1.807) is 0 Å². The molecule has 0 saturated carbocycles. The van der Waals surface area contributed by atoms with Gasteiger partial charge in [-0.3, -0.25) is 0 Å². The zero-order valence-corrected chi connectivity index (χ0v) is 24.0. The van der Waals surface area contributed by atoms with Gasteiger partial charge in [-0.15, -0.1) is 5.98 Å². The van der Waals surface area contributed by atoms with Crippen LogP contribution in [0, 0.1) is 47.4 Å². The molecular formula is C32H39B2FO2. The third-order valence-corrected chi connectivity index (χ3v) is 8.13. The fourth-order valence-corrected chi connectivity index (χ4v) is 5.78. The van der Waals surface area contributed by atoms with Gasteiger partial charge in [0.05, 0.1) is 11.2 Å². The first-order valence-electron chi connectivity index (χ1n) is 13.2. The third-order valence-electron chi connectivity index (χ3n) is 8.13. The van der Waals surface area contributed by atoms with E-state index >= 15 is 0 Å². The van der Waals surface area contributed by atoms with Crippen LogP contribution in [0.5, 0.6) is 0 Å². The zero-order chi connectivity index (χ0) is 27.3. The third kappa shape index (κ3) is 5.35. The van der Waals surface area contributed by atoms with Gasteiger partial charge in [0.15, 0.2) is 0 Å². The summed E-state index contributed by atoms with van der Waals surface area (Å²) in [6.07, 6.45) is 0. The summed E-state index contributed by atoms with van der Waals surface area (Å²) in [6, 6.07) is 15.7. The summed E-state index contributed by atoms with van der Waals surface area (Å²) in [5.74, 6) is 2.04. The van der Waals surface area contributed by atoms with Crippen molar-refractivity contribution in [3.05, 3.63) is 99.3 Å². The van der Waals surface area contributed by atoms with Crippen LogP contribution in [0.3, 0.4) is 0 Å². The van der Waals surface area contributed by atoms with Crippen molar-refractivity contribution >= 4 is 30.2 Å². The molecule has 0 N–H and O–H groups in total. The van der Waals surface area contributed by atoms with E-state index < -0.39 is 18.3 Å². The molecule has 4 rings (SSSR count). The maximum Gasteiger partial charge on any atom is 0.494 e. The molecule has 1 fully saturated rings. The molecule has 5 heteroatoms. The molecule has 0 aromatic heterocycles. The number of benzene rings is 3. The molecule has 0 atom stereocenters. The Morgan fingerprint density at radius 2 is 1.08 bits per heavy atom. The fourth-order valence-electron chi connectivity index (χ4n) is 5.78. The van der Waals surface area contributed by atoms with Crippen LogP contribution in [0.1, 0.15) is 66.6 Å². The molecule has 0 radical (unpaired) electrons. The lowest BCUT2D eigenvalue weighted by molar-refractivity contribution is 0.00578. The highest BCUT2D eigenvalue weighted by Crippen LogP contribution is 2.40. The van der Waals surface area contributed by atoms with Gasteiger partial charge in [-0.2, -0.15) is 0 Å². The molecule has 1 heterocycles. The summed E-state index contributed by atoms with van der Waals surface area (Å²) in [4.78, 5) is 0. The predicted molar refractivity (Wildman–Crippen MR) is 157 cm³/mol. The van der Waals surface area contributed by atoms with Gasteiger partial charge in [0.2, 0.25) is 6.71 Å². The molecule has 37 heavy (non-hydrogen) atoms. The van der Waals surface area contributed by atoms with E-state index in [0.29, 0.717) is 0 Å². The highest BCUT2D eigenvalue weighted by atomic mass is 19.1. The van der Waals surface area contributed by atoms with Crippen LogP contribution >= 0.6 is 0 Å². The van der Waals surface area contributed by atoms with Crippen LogP contribution in [0.25, 0.3) is 5.47 Å². The summed E-state index contributed by atoms with van der Waals surface area (Å²) < 4.78 is 27.1. The van der Waals surface area contributed by atoms with Gasteiger partial charge in [-0.05, 0) is 92.4 Å². The van der Waals surface area contributed by atoms with Crippen LogP contribution in [0.15, 0.2) is 54.5 Å². The number of halogens is 1. The highest BCUT2D eigenvalue weighted by Gasteiger charge is 2.52. The van der Waals surface area contributed by atoms with Crippen LogP contribution in [0.2, 0.25) is 0 Å². The molecule has 0 unspecified atom stereocenters. The van der Waals surface area contributed by atoms with Crippen LogP contribution in [-0.2, 0) is 9.31 Å². The molecule has 1 aliphatic heterocycles. The van der Waals surface area contributed by atoms with Crippen molar-refractivity contribution in [1.29, 1.82) is 0 Å². The Morgan fingerprint density at radius 3 is 1.46 bits per heavy atom. The van der Waals surface area contributed by atoms with E-state index in [9.17, 15) is 4.39 Å². The largest absolute Gasteiger partial charge is 0.494 e. The number of hydrogen-bond donors (Lipinski definition) is 0. The summed E-state index contributed by atoms with van der Waals surface area (Å²) in [5.41, 5.74) is 10.9. The standard InChI is InChI=1S/C32H39B2FO2/c1-20-15-22(3)29(23(4)16-20)33(30-24(5)17-21(2)18-25(30)6)19-28(26-11-13-27(35)14-12-26)34-36-31(7,8)32(9,10)37-34/h11-19H,1-10H3/b28-19+. The first-order valence-corrected chi connectivity index (χ1v) is 13.2. The van der Waals surface area contributed by atoms with E-state index in [1.165, 1.54) is 56.4 Å². The minimum atomic E-state index is -0.574. The Bertz CT molecular complexity index is 1240. The maximum absolute atomic E-state index is 14.0. The highest BCUT2D eigenvalue weighted by molar-refractivity contribution is 6.92. The summed E-state index contributed by atoms with van der Waals surface area (Å²) in [7, 11) is -0.574. The lowest BCUT2D eigenvalue weighted by atomic mass is 9.36. The van der Waals surface area contributed by atoms with Crippen molar-refractivity contribution in [3.63, 3.8) is 0 Å². The Hall–Kier alpha value is -2.62. The Morgan fingerprint density at radius 1 is 0.703 bits per heavy atom. The number of rotatable bonds is 5. The second kappa shape index (κ2) is 9.93. The van der Waals surface area contributed by atoms with E-state index in [-0.39, 0.29) is 12.5 Å². The summed E-state index contributed by atoms with van der Waals surface area (Å²) in [6.45, 7) is 21.3. The van der Waals surface area contributed by atoms with Crippen LogP contribution < -0.4 is 10.9 Å². The normalized spacial score (nSPS) is 16.8. The smallest absolute Gasteiger partial charge is 0.399 e. The van der Waals surface area contributed by atoms with Crippen molar-refractivity contribution in [2.45, 2.75) is 80.4 Å².